The van der Waals surface area contributed by atoms with E-state index in [9.17, 15) is 0 Å². The first-order valence-electron chi connectivity index (χ1n) is 5.38. The van der Waals surface area contributed by atoms with Gasteiger partial charge in [0, 0.05) is 6.54 Å². The van der Waals surface area contributed by atoms with Gasteiger partial charge >= 0.3 is 0 Å². The summed E-state index contributed by atoms with van der Waals surface area (Å²) >= 11 is 1.72. The average molecular weight is 236 g/mol. The number of nitrogens with zero attached hydrogens (tertiary/aromatic N) is 3. The molecule has 4 nitrogen and oxygen atoms in total. The molecule has 0 aliphatic rings. The topological polar surface area (TPSA) is 56.7 Å². The van der Waals surface area contributed by atoms with Gasteiger partial charge in [0.15, 0.2) is 5.82 Å². The summed E-state index contributed by atoms with van der Waals surface area (Å²) in [5.41, 5.74) is 8.18. The molecule has 0 spiro atoms. The van der Waals surface area contributed by atoms with Gasteiger partial charge in [0.1, 0.15) is 0 Å². The normalized spacial score (nSPS) is 11.2. The molecule has 2 N–H and O–H groups in total. The molecular formula is C11H16N4S. The number of rotatable bonds is 4. The minimum atomic E-state index is 0.359. The maximum absolute atomic E-state index is 5.80. The molecule has 16 heavy (non-hydrogen) atoms. The van der Waals surface area contributed by atoms with Crippen molar-refractivity contribution in [3.63, 3.8) is 0 Å². The Morgan fingerprint density at radius 1 is 1.50 bits per heavy atom. The smallest absolute Gasteiger partial charge is 0.169 e. The molecule has 0 bridgehead atoms. The number of nitrogen functional groups attached to an aromatic ring is 1. The van der Waals surface area contributed by atoms with Crippen LogP contribution in [0, 0.1) is 0 Å². The van der Waals surface area contributed by atoms with E-state index in [0.29, 0.717) is 11.7 Å². The second-order valence-corrected chi connectivity index (χ2v) is 4.90. The first-order chi connectivity index (χ1) is 7.68. The van der Waals surface area contributed by atoms with Crippen LogP contribution in [0.1, 0.15) is 31.0 Å². The van der Waals surface area contributed by atoms with Crippen molar-refractivity contribution in [2.75, 3.05) is 5.73 Å². The Balaban J connectivity index is 2.10. The minimum absolute atomic E-state index is 0.359. The van der Waals surface area contributed by atoms with E-state index in [0.717, 1.165) is 18.7 Å². The van der Waals surface area contributed by atoms with Crippen LogP contribution in [0.2, 0.25) is 0 Å². The van der Waals surface area contributed by atoms with Crippen LogP contribution in [0.15, 0.2) is 16.8 Å². The van der Waals surface area contributed by atoms with Crippen molar-refractivity contribution in [1.29, 1.82) is 0 Å². The van der Waals surface area contributed by atoms with Crippen molar-refractivity contribution >= 4 is 17.2 Å². The molecule has 2 aromatic heterocycles. The quantitative estimate of drug-likeness (QED) is 0.886. The summed E-state index contributed by atoms with van der Waals surface area (Å²) in [6.07, 6.45) is 0.978. The monoisotopic (exact) mass is 236 g/mol. The van der Waals surface area contributed by atoms with Gasteiger partial charge in [0.05, 0.1) is 5.69 Å². The lowest BCUT2D eigenvalue weighted by molar-refractivity contribution is 0.550. The summed E-state index contributed by atoms with van der Waals surface area (Å²) in [4.78, 5) is 0. The molecule has 2 rings (SSSR count). The van der Waals surface area contributed by atoms with Crippen molar-refractivity contribution in [3.05, 3.63) is 28.1 Å². The molecule has 2 aromatic rings. The van der Waals surface area contributed by atoms with E-state index in [-0.39, 0.29) is 0 Å². The Labute approximate surface area is 99.1 Å². The highest BCUT2D eigenvalue weighted by atomic mass is 32.1. The highest BCUT2D eigenvalue weighted by Crippen LogP contribution is 2.19. The molecule has 0 amide bonds. The first-order valence-corrected chi connectivity index (χ1v) is 6.32. The molecule has 2 heterocycles. The molecule has 0 radical (unpaired) electrons. The van der Waals surface area contributed by atoms with Crippen molar-refractivity contribution in [1.82, 2.24) is 15.0 Å². The lowest BCUT2D eigenvalue weighted by atomic mass is 10.1. The number of aromatic nitrogens is 3. The molecule has 0 saturated heterocycles. The molecule has 0 atom stereocenters. The largest absolute Gasteiger partial charge is 0.381 e. The van der Waals surface area contributed by atoms with Crippen molar-refractivity contribution in [2.24, 2.45) is 0 Å². The summed E-state index contributed by atoms with van der Waals surface area (Å²) in [7, 11) is 0. The number of hydrogen-bond donors (Lipinski definition) is 1. The van der Waals surface area contributed by atoms with E-state index in [1.165, 1.54) is 5.56 Å². The number of anilines is 1. The van der Waals surface area contributed by atoms with E-state index < -0.39 is 0 Å². The van der Waals surface area contributed by atoms with Gasteiger partial charge in [-0.25, -0.2) is 4.68 Å². The van der Waals surface area contributed by atoms with Crippen LogP contribution in [0.25, 0.3) is 0 Å². The lowest BCUT2D eigenvalue weighted by Gasteiger charge is -2.08. The standard InChI is InChI=1S/C11H16N4S/c1-8(2)10-11(12)13-14-15(10)5-3-9-4-6-16-7-9/h4,6-8H,3,5,12H2,1-2H3. The van der Waals surface area contributed by atoms with Gasteiger partial charge in [-0.05, 0) is 34.7 Å². The van der Waals surface area contributed by atoms with Crippen LogP contribution in [0.4, 0.5) is 5.82 Å². The van der Waals surface area contributed by atoms with Crippen LogP contribution < -0.4 is 5.73 Å². The summed E-state index contributed by atoms with van der Waals surface area (Å²) in [5, 5.41) is 12.3. The van der Waals surface area contributed by atoms with E-state index in [1.54, 1.807) is 11.3 Å². The van der Waals surface area contributed by atoms with Gasteiger partial charge in [-0.2, -0.15) is 11.3 Å². The second kappa shape index (κ2) is 4.65. The third kappa shape index (κ3) is 2.24. The predicted octanol–water partition coefficient (Wildman–Crippen LogP) is 2.29. The van der Waals surface area contributed by atoms with E-state index in [4.69, 9.17) is 5.73 Å². The molecule has 0 aliphatic carbocycles. The van der Waals surface area contributed by atoms with Crippen molar-refractivity contribution in [2.45, 2.75) is 32.7 Å². The highest BCUT2D eigenvalue weighted by Gasteiger charge is 2.13. The molecule has 0 saturated carbocycles. The Hall–Kier alpha value is -1.36. The number of nitrogens with two attached hydrogens (primary N) is 1. The van der Waals surface area contributed by atoms with E-state index >= 15 is 0 Å². The molecule has 0 fully saturated rings. The van der Waals surface area contributed by atoms with Gasteiger partial charge in [-0.1, -0.05) is 19.1 Å². The van der Waals surface area contributed by atoms with Crippen LogP contribution >= 0.6 is 11.3 Å². The fraction of sp³-hybridized carbons (Fsp3) is 0.455. The summed E-state index contributed by atoms with van der Waals surface area (Å²) in [5.74, 6) is 0.915. The minimum Gasteiger partial charge on any atom is -0.381 e. The van der Waals surface area contributed by atoms with Crippen LogP contribution in [0.3, 0.4) is 0 Å². The van der Waals surface area contributed by atoms with E-state index in [2.05, 4.69) is 41.0 Å². The Morgan fingerprint density at radius 2 is 2.31 bits per heavy atom. The summed E-state index contributed by atoms with van der Waals surface area (Å²) in [6.45, 7) is 5.06. The second-order valence-electron chi connectivity index (χ2n) is 4.12. The van der Waals surface area contributed by atoms with Gasteiger partial charge in [0.25, 0.3) is 0 Å². The van der Waals surface area contributed by atoms with Gasteiger partial charge < -0.3 is 5.73 Å². The molecule has 0 unspecified atom stereocenters. The molecule has 0 aliphatic heterocycles. The molecular weight excluding hydrogens is 220 g/mol. The third-order valence-electron chi connectivity index (χ3n) is 2.54. The number of aryl methyl sites for hydroxylation is 2. The average Bonchev–Trinajstić information content (AvgIpc) is 2.83. The van der Waals surface area contributed by atoms with Crippen LogP contribution in [-0.4, -0.2) is 15.0 Å². The van der Waals surface area contributed by atoms with E-state index in [1.807, 2.05) is 4.68 Å². The Morgan fingerprint density at radius 3 is 2.94 bits per heavy atom. The molecule has 5 heteroatoms. The highest BCUT2D eigenvalue weighted by molar-refractivity contribution is 7.07. The molecule has 0 aromatic carbocycles. The summed E-state index contributed by atoms with van der Waals surface area (Å²) < 4.78 is 1.91. The fourth-order valence-electron chi connectivity index (χ4n) is 1.76. The lowest BCUT2D eigenvalue weighted by Crippen LogP contribution is -2.09. The number of hydrogen-bond acceptors (Lipinski definition) is 4. The van der Waals surface area contributed by atoms with Crippen molar-refractivity contribution in [3.8, 4) is 0 Å². The maximum atomic E-state index is 5.80. The fourth-order valence-corrected chi connectivity index (χ4v) is 2.47. The SMILES string of the molecule is CC(C)c1c(N)nnn1CCc1ccsc1. The van der Waals surface area contributed by atoms with Gasteiger partial charge in [-0.3, -0.25) is 0 Å². The zero-order valence-corrected chi connectivity index (χ0v) is 10.4. The summed E-state index contributed by atoms with van der Waals surface area (Å²) in [6, 6.07) is 2.14. The Kier molecular flexibility index (Phi) is 3.24. The first kappa shape index (κ1) is 11.1. The van der Waals surface area contributed by atoms with Gasteiger partial charge in [0.2, 0.25) is 0 Å². The predicted molar refractivity (Wildman–Crippen MR) is 66.5 cm³/mol. The van der Waals surface area contributed by atoms with Crippen LogP contribution in [-0.2, 0) is 13.0 Å². The van der Waals surface area contributed by atoms with Crippen LogP contribution in [0.5, 0.6) is 0 Å². The third-order valence-corrected chi connectivity index (χ3v) is 3.27. The molecule has 86 valence electrons. The number of thiophene rings is 1. The van der Waals surface area contributed by atoms with Gasteiger partial charge in [-0.15, -0.1) is 5.10 Å². The zero-order valence-electron chi connectivity index (χ0n) is 9.55. The Bertz CT molecular complexity index is 445. The zero-order chi connectivity index (χ0) is 11.5. The maximum Gasteiger partial charge on any atom is 0.169 e. The van der Waals surface area contributed by atoms with Crippen molar-refractivity contribution < 1.29 is 0 Å².